The van der Waals surface area contributed by atoms with E-state index in [-0.39, 0.29) is 0 Å². The summed E-state index contributed by atoms with van der Waals surface area (Å²) in [7, 11) is 2.03. The molecule has 26 heavy (non-hydrogen) atoms. The minimum absolute atomic E-state index is 0.321. The maximum Gasteiger partial charge on any atom is 0.248 e. The van der Waals surface area contributed by atoms with Crippen molar-refractivity contribution < 1.29 is 9.26 Å². The van der Waals surface area contributed by atoms with Crippen LogP contribution in [0.25, 0.3) is 11.4 Å². The van der Waals surface area contributed by atoms with E-state index < -0.39 is 0 Å². The molecule has 0 aliphatic carbocycles. The SMILES string of the molecule is CCNC(=NCc1nc(-c2cccc(Cl)c2)no1)N(C)CC1CCOC1. The first-order valence-electron chi connectivity index (χ1n) is 8.81. The van der Waals surface area contributed by atoms with Gasteiger partial charge in [-0.15, -0.1) is 0 Å². The molecule has 2 heterocycles. The van der Waals surface area contributed by atoms with Crippen LogP contribution in [0, 0.1) is 5.92 Å². The molecular weight excluding hydrogens is 354 g/mol. The third-order valence-corrected chi connectivity index (χ3v) is 4.40. The second-order valence-electron chi connectivity index (χ2n) is 6.30. The molecule has 7 nitrogen and oxygen atoms in total. The molecule has 1 saturated heterocycles. The Kier molecular flexibility index (Phi) is 6.46. The molecule has 1 fully saturated rings. The van der Waals surface area contributed by atoms with E-state index in [9.17, 15) is 0 Å². The van der Waals surface area contributed by atoms with E-state index in [0.717, 1.165) is 44.2 Å². The minimum Gasteiger partial charge on any atom is -0.381 e. The number of nitrogens with one attached hydrogen (secondary N) is 1. The first kappa shape index (κ1) is 18.7. The van der Waals surface area contributed by atoms with E-state index in [1.54, 1.807) is 6.07 Å². The van der Waals surface area contributed by atoms with Crippen molar-refractivity contribution in [1.29, 1.82) is 0 Å². The Labute approximate surface area is 158 Å². The van der Waals surface area contributed by atoms with Crippen molar-refractivity contribution in [1.82, 2.24) is 20.4 Å². The molecule has 0 spiro atoms. The average molecular weight is 378 g/mol. The zero-order valence-corrected chi connectivity index (χ0v) is 15.9. The van der Waals surface area contributed by atoms with Crippen LogP contribution in [0.5, 0.6) is 0 Å². The Hall–Kier alpha value is -2.12. The Balaban J connectivity index is 1.65. The lowest BCUT2D eigenvalue weighted by molar-refractivity contribution is 0.181. The van der Waals surface area contributed by atoms with Gasteiger partial charge in [0.2, 0.25) is 11.7 Å². The fourth-order valence-corrected chi connectivity index (χ4v) is 3.07. The molecule has 2 aromatic rings. The molecule has 1 aromatic heterocycles. The van der Waals surface area contributed by atoms with Crippen LogP contribution >= 0.6 is 11.6 Å². The largest absolute Gasteiger partial charge is 0.381 e. The number of hydrogen-bond donors (Lipinski definition) is 1. The van der Waals surface area contributed by atoms with E-state index >= 15 is 0 Å². The van der Waals surface area contributed by atoms with Crippen LogP contribution in [-0.4, -0.2) is 54.4 Å². The summed E-state index contributed by atoms with van der Waals surface area (Å²) in [5.74, 6) is 2.34. The Morgan fingerprint density at radius 1 is 1.46 bits per heavy atom. The normalized spacial score (nSPS) is 17.5. The van der Waals surface area contributed by atoms with Crippen LogP contribution < -0.4 is 5.32 Å². The van der Waals surface area contributed by atoms with E-state index in [2.05, 4.69) is 25.3 Å². The molecule has 0 amide bonds. The highest BCUT2D eigenvalue weighted by molar-refractivity contribution is 6.30. The van der Waals surface area contributed by atoms with Crippen LogP contribution in [0.15, 0.2) is 33.8 Å². The van der Waals surface area contributed by atoms with Gasteiger partial charge in [0.25, 0.3) is 0 Å². The van der Waals surface area contributed by atoms with Crippen LogP contribution in [0.4, 0.5) is 0 Å². The number of benzene rings is 1. The maximum absolute atomic E-state index is 6.01. The van der Waals surface area contributed by atoms with Gasteiger partial charge in [0, 0.05) is 43.2 Å². The van der Waals surface area contributed by atoms with Crippen molar-refractivity contribution in [2.24, 2.45) is 10.9 Å². The lowest BCUT2D eigenvalue weighted by atomic mass is 10.1. The van der Waals surface area contributed by atoms with Crippen molar-refractivity contribution in [3.63, 3.8) is 0 Å². The zero-order chi connectivity index (χ0) is 18.4. The first-order chi connectivity index (χ1) is 12.7. The topological polar surface area (TPSA) is 75.8 Å². The number of nitrogens with zero attached hydrogens (tertiary/aromatic N) is 4. The fraction of sp³-hybridized carbons (Fsp3) is 0.500. The lowest BCUT2D eigenvalue weighted by Crippen LogP contribution is -2.41. The van der Waals surface area contributed by atoms with Crippen molar-refractivity contribution >= 4 is 17.6 Å². The zero-order valence-electron chi connectivity index (χ0n) is 15.1. The predicted octanol–water partition coefficient (Wildman–Crippen LogP) is 2.82. The summed E-state index contributed by atoms with van der Waals surface area (Å²) in [6.07, 6.45) is 1.09. The van der Waals surface area contributed by atoms with Gasteiger partial charge in [-0.3, -0.25) is 0 Å². The first-order valence-corrected chi connectivity index (χ1v) is 9.19. The van der Waals surface area contributed by atoms with Crippen molar-refractivity contribution in [3.05, 3.63) is 35.2 Å². The Morgan fingerprint density at radius 2 is 2.35 bits per heavy atom. The predicted molar refractivity (Wildman–Crippen MR) is 101 cm³/mol. The fourth-order valence-electron chi connectivity index (χ4n) is 2.88. The molecule has 140 valence electrons. The van der Waals surface area contributed by atoms with Crippen molar-refractivity contribution in [3.8, 4) is 11.4 Å². The number of hydrogen-bond acceptors (Lipinski definition) is 5. The third kappa shape index (κ3) is 4.95. The van der Waals surface area contributed by atoms with Gasteiger partial charge >= 0.3 is 0 Å². The molecule has 0 radical (unpaired) electrons. The van der Waals surface area contributed by atoms with Gasteiger partial charge < -0.3 is 19.5 Å². The highest BCUT2D eigenvalue weighted by Crippen LogP contribution is 2.20. The summed E-state index contributed by atoms with van der Waals surface area (Å²) in [4.78, 5) is 11.1. The van der Waals surface area contributed by atoms with Gasteiger partial charge in [-0.05, 0) is 25.5 Å². The molecule has 3 rings (SSSR count). The Bertz CT molecular complexity index is 743. The molecule has 1 N–H and O–H groups in total. The quantitative estimate of drug-likeness (QED) is 0.616. The van der Waals surface area contributed by atoms with Crippen LogP contribution in [0.2, 0.25) is 5.02 Å². The number of aliphatic imine (C=N–C) groups is 1. The molecule has 1 aromatic carbocycles. The number of guanidine groups is 1. The van der Waals surface area contributed by atoms with E-state index in [1.807, 2.05) is 32.2 Å². The molecule has 1 atom stereocenters. The van der Waals surface area contributed by atoms with Gasteiger partial charge in [-0.1, -0.05) is 28.9 Å². The smallest absolute Gasteiger partial charge is 0.248 e. The van der Waals surface area contributed by atoms with Crippen molar-refractivity contribution in [2.75, 3.05) is 33.4 Å². The highest BCUT2D eigenvalue weighted by atomic mass is 35.5. The van der Waals surface area contributed by atoms with Crippen LogP contribution in [0.1, 0.15) is 19.2 Å². The standard InChI is InChI=1S/C18H24ClN5O2/c1-3-20-18(24(2)11-13-7-8-25-12-13)21-10-16-22-17(23-26-16)14-5-4-6-15(19)9-14/h4-6,9,13H,3,7-8,10-12H2,1-2H3,(H,20,21). The number of ether oxygens (including phenoxy) is 1. The van der Waals surface area contributed by atoms with E-state index in [4.69, 9.17) is 20.9 Å². The summed E-state index contributed by atoms with van der Waals surface area (Å²) < 4.78 is 10.8. The van der Waals surface area contributed by atoms with Crippen molar-refractivity contribution in [2.45, 2.75) is 19.9 Å². The molecule has 1 unspecified atom stereocenters. The van der Waals surface area contributed by atoms with Crippen LogP contribution in [0.3, 0.4) is 0 Å². The number of rotatable bonds is 6. The summed E-state index contributed by atoms with van der Waals surface area (Å²) in [6.45, 7) is 5.73. The van der Waals surface area contributed by atoms with E-state index in [0.29, 0.717) is 29.2 Å². The number of aromatic nitrogens is 2. The molecular formula is C18H24ClN5O2. The van der Waals surface area contributed by atoms with Crippen LogP contribution in [-0.2, 0) is 11.3 Å². The van der Waals surface area contributed by atoms with Gasteiger partial charge in [0.1, 0.15) is 6.54 Å². The minimum atomic E-state index is 0.321. The molecule has 8 heteroatoms. The van der Waals surface area contributed by atoms with Gasteiger partial charge in [-0.2, -0.15) is 4.98 Å². The Morgan fingerprint density at radius 3 is 3.08 bits per heavy atom. The molecule has 1 aliphatic heterocycles. The van der Waals surface area contributed by atoms with Gasteiger partial charge in [-0.25, -0.2) is 4.99 Å². The maximum atomic E-state index is 6.01. The molecule has 1 aliphatic rings. The van der Waals surface area contributed by atoms with Gasteiger partial charge in [0.15, 0.2) is 5.96 Å². The van der Waals surface area contributed by atoms with Gasteiger partial charge in [0.05, 0.1) is 6.61 Å². The summed E-state index contributed by atoms with van der Waals surface area (Å²) in [5, 5.41) is 7.95. The summed E-state index contributed by atoms with van der Waals surface area (Å²) in [5.41, 5.74) is 0.821. The average Bonchev–Trinajstić information content (AvgIpc) is 3.30. The molecule has 0 saturated carbocycles. The van der Waals surface area contributed by atoms with E-state index in [1.165, 1.54) is 0 Å². The second kappa shape index (κ2) is 9.00. The summed E-state index contributed by atoms with van der Waals surface area (Å²) >= 11 is 6.01. The molecule has 0 bridgehead atoms. The second-order valence-corrected chi connectivity index (χ2v) is 6.74. The highest BCUT2D eigenvalue weighted by Gasteiger charge is 2.19. The third-order valence-electron chi connectivity index (χ3n) is 4.17. The lowest BCUT2D eigenvalue weighted by Gasteiger charge is -2.24. The number of halogens is 1. The monoisotopic (exact) mass is 377 g/mol. The summed E-state index contributed by atoms with van der Waals surface area (Å²) in [6, 6.07) is 7.37.